The first-order chi connectivity index (χ1) is 11.2. The van der Waals surface area contributed by atoms with E-state index < -0.39 is 0 Å². The second-order valence-corrected chi connectivity index (χ2v) is 6.56. The van der Waals surface area contributed by atoms with Crippen LogP contribution in [0, 0.1) is 6.92 Å². The topological polar surface area (TPSA) is 52.2 Å². The Kier molecular flexibility index (Phi) is 3.56. The Bertz CT molecular complexity index is 723. The average molecular weight is 310 g/mol. The summed E-state index contributed by atoms with van der Waals surface area (Å²) in [5.74, 6) is 0.133. The number of anilines is 2. The van der Waals surface area contributed by atoms with Crippen molar-refractivity contribution < 1.29 is 4.79 Å². The maximum absolute atomic E-state index is 12.9. The lowest BCUT2D eigenvalue weighted by Crippen LogP contribution is -2.53. The highest BCUT2D eigenvalue weighted by molar-refractivity contribution is 5.99. The number of para-hydroxylation sites is 2. The fraction of sp³-hybridized carbons (Fsp3) is 0.444. The number of H-pyrrole nitrogens is 1. The van der Waals surface area contributed by atoms with Crippen LogP contribution < -0.4 is 9.80 Å². The van der Waals surface area contributed by atoms with Crippen LogP contribution in [0.1, 0.15) is 30.7 Å². The van der Waals surface area contributed by atoms with Crippen molar-refractivity contribution in [2.45, 2.75) is 38.6 Å². The molecule has 1 atom stereocenters. The standard InChI is InChI=1S/C18H22N4O/c1-13-10-14(20-19-13)11-18(23)22-12-15-6-4-5-9-21(15)16-7-2-3-8-17(16)22/h2-3,7-8,10,15H,4-6,9,11-12H2,1H3,(H,19,20). The lowest BCUT2D eigenvalue weighted by atomic mass is 9.96. The molecule has 2 aliphatic heterocycles. The summed E-state index contributed by atoms with van der Waals surface area (Å²) in [5.41, 5.74) is 4.05. The van der Waals surface area contributed by atoms with Crippen LogP contribution in [-0.4, -0.2) is 35.2 Å². The van der Waals surface area contributed by atoms with Gasteiger partial charge in [-0.2, -0.15) is 5.10 Å². The molecule has 1 fully saturated rings. The van der Waals surface area contributed by atoms with Crippen molar-refractivity contribution in [1.29, 1.82) is 0 Å². The minimum atomic E-state index is 0.133. The Morgan fingerprint density at radius 2 is 2.13 bits per heavy atom. The summed E-state index contributed by atoms with van der Waals surface area (Å²) in [5, 5.41) is 7.12. The Balaban J connectivity index is 1.63. The largest absolute Gasteiger partial charge is 0.365 e. The van der Waals surface area contributed by atoms with Crippen LogP contribution in [0.5, 0.6) is 0 Å². The first-order valence-corrected chi connectivity index (χ1v) is 8.39. The number of hydrogen-bond acceptors (Lipinski definition) is 3. The predicted octanol–water partition coefficient (Wildman–Crippen LogP) is 2.67. The summed E-state index contributed by atoms with van der Waals surface area (Å²) in [4.78, 5) is 17.3. The lowest BCUT2D eigenvalue weighted by Gasteiger charge is -2.46. The third-order valence-corrected chi connectivity index (χ3v) is 4.89. The maximum Gasteiger partial charge on any atom is 0.233 e. The van der Waals surface area contributed by atoms with E-state index in [1.54, 1.807) is 0 Å². The number of benzene rings is 1. The second kappa shape index (κ2) is 5.72. The van der Waals surface area contributed by atoms with E-state index in [9.17, 15) is 4.79 Å². The highest BCUT2D eigenvalue weighted by atomic mass is 16.2. The predicted molar refractivity (Wildman–Crippen MR) is 90.8 cm³/mol. The molecule has 1 N–H and O–H groups in total. The molecule has 0 aliphatic carbocycles. The molecule has 1 amide bonds. The number of amides is 1. The van der Waals surface area contributed by atoms with E-state index in [1.807, 2.05) is 24.0 Å². The molecule has 4 rings (SSSR count). The number of aromatic nitrogens is 2. The number of carbonyl (C=O) groups is 1. The Morgan fingerprint density at radius 1 is 1.30 bits per heavy atom. The van der Waals surface area contributed by atoms with Gasteiger partial charge in [-0.05, 0) is 44.4 Å². The zero-order valence-corrected chi connectivity index (χ0v) is 13.5. The molecule has 0 spiro atoms. The van der Waals surface area contributed by atoms with Gasteiger partial charge in [0, 0.05) is 24.8 Å². The van der Waals surface area contributed by atoms with Gasteiger partial charge in [0.2, 0.25) is 5.91 Å². The zero-order chi connectivity index (χ0) is 15.8. The molecule has 1 saturated heterocycles. The molecule has 5 nitrogen and oxygen atoms in total. The molecule has 5 heteroatoms. The van der Waals surface area contributed by atoms with E-state index >= 15 is 0 Å². The Labute approximate surface area is 136 Å². The SMILES string of the molecule is Cc1cc(CC(=O)N2CC3CCCCN3c3ccccc32)n[nH]1. The first kappa shape index (κ1) is 14.3. The highest BCUT2D eigenvalue weighted by Crippen LogP contribution is 2.38. The van der Waals surface area contributed by atoms with Gasteiger partial charge in [-0.3, -0.25) is 9.89 Å². The van der Waals surface area contributed by atoms with Crippen LogP contribution >= 0.6 is 0 Å². The number of rotatable bonds is 2. The molecule has 1 aromatic carbocycles. The highest BCUT2D eigenvalue weighted by Gasteiger charge is 2.34. The zero-order valence-electron chi connectivity index (χ0n) is 13.5. The number of aromatic amines is 1. The Hall–Kier alpha value is -2.30. The number of aryl methyl sites for hydroxylation is 1. The monoisotopic (exact) mass is 310 g/mol. The molecule has 1 aromatic heterocycles. The van der Waals surface area contributed by atoms with E-state index in [2.05, 4.69) is 33.3 Å². The van der Waals surface area contributed by atoms with Gasteiger partial charge in [0.1, 0.15) is 0 Å². The summed E-state index contributed by atoms with van der Waals surface area (Å²) in [6.45, 7) is 3.85. The van der Waals surface area contributed by atoms with Crippen molar-refractivity contribution in [2.24, 2.45) is 0 Å². The molecule has 120 valence electrons. The molecule has 3 heterocycles. The quantitative estimate of drug-likeness (QED) is 0.928. The van der Waals surface area contributed by atoms with E-state index in [0.29, 0.717) is 12.5 Å². The van der Waals surface area contributed by atoms with Gasteiger partial charge in [0.15, 0.2) is 0 Å². The number of nitrogens with zero attached hydrogens (tertiary/aromatic N) is 3. The first-order valence-electron chi connectivity index (χ1n) is 8.39. The molecule has 2 aromatic rings. The summed E-state index contributed by atoms with van der Waals surface area (Å²) < 4.78 is 0. The lowest BCUT2D eigenvalue weighted by molar-refractivity contribution is -0.118. The summed E-state index contributed by atoms with van der Waals surface area (Å²) in [6.07, 6.45) is 4.01. The smallest absolute Gasteiger partial charge is 0.233 e. The fourth-order valence-corrected chi connectivity index (χ4v) is 3.80. The number of fused-ring (bicyclic) bond motifs is 3. The minimum Gasteiger partial charge on any atom is -0.365 e. The van der Waals surface area contributed by atoms with E-state index in [4.69, 9.17) is 0 Å². The van der Waals surface area contributed by atoms with Crippen LogP contribution in [0.3, 0.4) is 0 Å². The third kappa shape index (κ3) is 2.60. The number of nitrogens with one attached hydrogen (secondary N) is 1. The maximum atomic E-state index is 12.9. The van der Waals surface area contributed by atoms with Crippen LogP contribution in [0.25, 0.3) is 0 Å². The second-order valence-electron chi connectivity index (χ2n) is 6.56. The normalized spacial score (nSPS) is 20.1. The van der Waals surface area contributed by atoms with Crippen molar-refractivity contribution in [2.75, 3.05) is 22.9 Å². The Morgan fingerprint density at radius 3 is 2.91 bits per heavy atom. The number of carbonyl (C=O) groups excluding carboxylic acids is 1. The van der Waals surface area contributed by atoms with Gasteiger partial charge in [0.25, 0.3) is 0 Å². The molecule has 1 unspecified atom stereocenters. The van der Waals surface area contributed by atoms with Crippen LogP contribution in [0.15, 0.2) is 30.3 Å². The molecule has 0 saturated carbocycles. The van der Waals surface area contributed by atoms with Gasteiger partial charge in [-0.25, -0.2) is 0 Å². The average Bonchev–Trinajstić information content (AvgIpc) is 2.99. The van der Waals surface area contributed by atoms with E-state index in [-0.39, 0.29) is 5.91 Å². The molecule has 0 radical (unpaired) electrons. The van der Waals surface area contributed by atoms with Crippen molar-refractivity contribution in [3.05, 3.63) is 41.7 Å². The van der Waals surface area contributed by atoms with Crippen molar-refractivity contribution in [3.63, 3.8) is 0 Å². The van der Waals surface area contributed by atoms with Crippen molar-refractivity contribution >= 4 is 17.3 Å². The van der Waals surface area contributed by atoms with Gasteiger partial charge in [-0.1, -0.05) is 12.1 Å². The molecule has 2 aliphatic rings. The summed E-state index contributed by atoms with van der Waals surface area (Å²) in [6, 6.07) is 10.7. The van der Waals surface area contributed by atoms with Crippen molar-refractivity contribution in [1.82, 2.24) is 10.2 Å². The minimum absolute atomic E-state index is 0.133. The molecular weight excluding hydrogens is 288 g/mol. The van der Waals surface area contributed by atoms with Gasteiger partial charge in [-0.15, -0.1) is 0 Å². The van der Waals surface area contributed by atoms with Gasteiger partial charge < -0.3 is 9.80 Å². The van der Waals surface area contributed by atoms with E-state index in [1.165, 1.54) is 24.9 Å². The van der Waals surface area contributed by atoms with E-state index in [0.717, 1.165) is 30.2 Å². The van der Waals surface area contributed by atoms with Gasteiger partial charge >= 0.3 is 0 Å². The molecule has 0 bridgehead atoms. The van der Waals surface area contributed by atoms with Crippen LogP contribution in [0.4, 0.5) is 11.4 Å². The fourth-order valence-electron chi connectivity index (χ4n) is 3.80. The summed E-state index contributed by atoms with van der Waals surface area (Å²) >= 11 is 0. The number of hydrogen-bond donors (Lipinski definition) is 1. The van der Waals surface area contributed by atoms with Crippen LogP contribution in [-0.2, 0) is 11.2 Å². The van der Waals surface area contributed by atoms with Crippen LogP contribution in [0.2, 0.25) is 0 Å². The van der Waals surface area contributed by atoms with Crippen molar-refractivity contribution in [3.8, 4) is 0 Å². The van der Waals surface area contributed by atoms with Gasteiger partial charge in [0.05, 0.1) is 23.5 Å². The molecule has 23 heavy (non-hydrogen) atoms. The molecular formula is C18H22N4O. The number of piperidine rings is 1. The summed E-state index contributed by atoms with van der Waals surface area (Å²) in [7, 11) is 0. The third-order valence-electron chi connectivity index (χ3n) is 4.89.